The second-order valence-electron chi connectivity index (χ2n) is 4.98. The molecule has 1 aromatic rings. The van der Waals surface area contributed by atoms with Crippen LogP contribution >= 0.6 is 0 Å². The van der Waals surface area contributed by atoms with Crippen LogP contribution in [0.2, 0.25) is 0 Å². The van der Waals surface area contributed by atoms with E-state index in [9.17, 15) is 8.42 Å². The van der Waals surface area contributed by atoms with Gasteiger partial charge in [0.15, 0.2) is 0 Å². The van der Waals surface area contributed by atoms with Crippen molar-refractivity contribution in [3.05, 3.63) is 35.4 Å². The second-order valence-corrected chi connectivity index (χ2v) is 7.02. The Kier molecular flexibility index (Phi) is 5.18. The van der Waals surface area contributed by atoms with Gasteiger partial charge in [-0.3, -0.25) is 0 Å². The summed E-state index contributed by atoms with van der Waals surface area (Å²) in [6.07, 6.45) is 3.57. The van der Waals surface area contributed by atoms with Crippen LogP contribution in [-0.4, -0.2) is 20.2 Å². The van der Waals surface area contributed by atoms with E-state index >= 15 is 0 Å². The summed E-state index contributed by atoms with van der Waals surface area (Å²) < 4.78 is 26.9. The number of benzene rings is 1. The summed E-state index contributed by atoms with van der Waals surface area (Å²) in [5, 5.41) is -0.220. The molecule has 1 fully saturated rings. The molecule has 5 heteroatoms. The van der Waals surface area contributed by atoms with Crippen molar-refractivity contribution in [1.82, 2.24) is 4.72 Å². The number of nitrogens with two attached hydrogens (primary N) is 1. The zero-order valence-corrected chi connectivity index (χ0v) is 12.2. The van der Waals surface area contributed by atoms with E-state index in [0.717, 1.165) is 36.8 Å². The highest BCUT2D eigenvalue weighted by molar-refractivity contribution is 7.90. The van der Waals surface area contributed by atoms with E-state index in [4.69, 9.17) is 5.73 Å². The topological polar surface area (TPSA) is 72.2 Å². The number of rotatable bonds is 4. The molecule has 108 valence electrons. The Bertz CT molecular complexity index is 608. The van der Waals surface area contributed by atoms with Gasteiger partial charge in [-0.25, -0.2) is 13.1 Å². The van der Waals surface area contributed by atoms with Gasteiger partial charge in [0.25, 0.3) is 0 Å². The first-order chi connectivity index (χ1) is 9.62. The van der Waals surface area contributed by atoms with Crippen molar-refractivity contribution in [2.75, 3.05) is 6.54 Å². The monoisotopic (exact) mass is 292 g/mol. The Labute approximate surface area is 120 Å². The standard InChI is InChI=1S/C15H20N2O2S/c16-10-4-7-13-5-3-6-14(11-13)12-17-20(18,19)15-8-1-2-9-15/h3,5-6,11,15,17H,1-2,8-10,12,16H2. The van der Waals surface area contributed by atoms with Crippen molar-refractivity contribution in [3.8, 4) is 11.8 Å². The van der Waals surface area contributed by atoms with E-state index in [1.807, 2.05) is 24.3 Å². The highest BCUT2D eigenvalue weighted by Crippen LogP contribution is 2.24. The third-order valence-electron chi connectivity index (χ3n) is 3.48. The van der Waals surface area contributed by atoms with Gasteiger partial charge in [-0.15, -0.1) is 0 Å². The third kappa shape index (κ3) is 4.07. The fourth-order valence-corrected chi connectivity index (χ4v) is 3.97. The summed E-state index contributed by atoms with van der Waals surface area (Å²) in [5.41, 5.74) is 7.10. The molecular formula is C15H20N2O2S. The molecule has 0 bridgehead atoms. The summed E-state index contributed by atoms with van der Waals surface area (Å²) >= 11 is 0. The molecule has 0 saturated heterocycles. The van der Waals surface area contributed by atoms with E-state index in [1.54, 1.807) is 0 Å². The summed E-state index contributed by atoms with van der Waals surface area (Å²) in [4.78, 5) is 0. The summed E-state index contributed by atoms with van der Waals surface area (Å²) in [7, 11) is -3.19. The normalized spacial score (nSPS) is 15.8. The lowest BCUT2D eigenvalue weighted by Crippen LogP contribution is -2.32. The molecule has 0 unspecified atom stereocenters. The van der Waals surface area contributed by atoms with Crippen molar-refractivity contribution in [2.45, 2.75) is 37.5 Å². The summed E-state index contributed by atoms with van der Waals surface area (Å²) in [6, 6.07) is 7.54. The molecule has 0 amide bonds. The molecule has 2 rings (SSSR count). The molecule has 0 heterocycles. The fraction of sp³-hybridized carbons (Fsp3) is 0.467. The van der Waals surface area contributed by atoms with Crippen LogP contribution in [0.5, 0.6) is 0 Å². The molecule has 4 nitrogen and oxygen atoms in total. The molecule has 0 spiro atoms. The van der Waals surface area contributed by atoms with Crippen LogP contribution in [0.4, 0.5) is 0 Å². The fourth-order valence-electron chi connectivity index (χ4n) is 2.41. The first kappa shape index (κ1) is 15.0. The predicted octanol–water partition coefficient (Wildman–Crippen LogP) is 1.36. The van der Waals surface area contributed by atoms with Gasteiger partial charge in [0.1, 0.15) is 0 Å². The Morgan fingerprint density at radius 2 is 2.05 bits per heavy atom. The summed E-state index contributed by atoms with van der Waals surface area (Å²) in [6.45, 7) is 0.634. The maximum atomic E-state index is 12.1. The van der Waals surface area contributed by atoms with Crippen LogP contribution in [0.25, 0.3) is 0 Å². The van der Waals surface area contributed by atoms with Crippen molar-refractivity contribution in [3.63, 3.8) is 0 Å². The maximum Gasteiger partial charge on any atom is 0.214 e. The number of nitrogens with one attached hydrogen (secondary N) is 1. The van der Waals surface area contributed by atoms with Gasteiger partial charge >= 0.3 is 0 Å². The van der Waals surface area contributed by atoms with Crippen LogP contribution in [0.1, 0.15) is 36.8 Å². The van der Waals surface area contributed by atoms with Crippen LogP contribution in [0, 0.1) is 11.8 Å². The minimum absolute atomic E-state index is 0.220. The van der Waals surface area contributed by atoms with Crippen LogP contribution in [0.3, 0.4) is 0 Å². The maximum absolute atomic E-state index is 12.1. The lowest BCUT2D eigenvalue weighted by molar-refractivity contribution is 0.564. The Morgan fingerprint density at radius 3 is 2.75 bits per heavy atom. The van der Waals surface area contributed by atoms with Crippen molar-refractivity contribution in [1.29, 1.82) is 0 Å². The smallest absolute Gasteiger partial charge is 0.214 e. The molecule has 1 aliphatic rings. The largest absolute Gasteiger partial charge is 0.320 e. The minimum atomic E-state index is -3.19. The van der Waals surface area contributed by atoms with Crippen LogP contribution in [-0.2, 0) is 16.6 Å². The molecule has 1 saturated carbocycles. The van der Waals surface area contributed by atoms with Crippen molar-refractivity contribution < 1.29 is 8.42 Å². The van der Waals surface area contributed by atoms with E-state index in [1.165, 1.54) is 0 Å². The quantitative estimate of drug-likeness (QED) is 0.823. The molecular weight excluding hydrogens is 272 g/mol. The molecule has 20 heavy (non-hydrogen) atoms. The lowest BCUT2D eigenvalue weighted by Gasteiger charge is -2.12. The predicted molar refractivity (Wildman–Crippen MR) is 80.4 cm³/mol. The summed E-state index contributed by atoms with van der Waals surface area (Å²) in [5.74, 6) is 5.73. The number of hydrogen-bond acceptors (Lipinski definition) is 3. The Balaban J connectivity index is 2.00. The minimum Gasteiger partial charge on any atom is -0.320 e. The highest BCUT2D eigenvalue weighted by Gasteiger charge is 2.28. The average Bonchev–Trinajstić information content (AvgIpc) is 2.98. The third-order valence-corrected chi connectivity index (χ3v) is 5.38. The van der Waals surface area contributed by atoms with E-state index in [0.29, 0.717) is 13.1 Å². The van der Waals surface area contributed by atoms with Gasteiger partial charge in [-0.1, -0.05) is 36.8 Å². The molecule has 3 N–H and O–H groups in total. The van der Waals surface area contributed by atoms with Gasteiger partial charge < -0.3 is 5.73 Å². The first-order valence-corrected chi connectivity index (χ1v) is 8.43. The Hall–Kier alpha value is -1.35. The SMILES string of the molecule is NCC#Cc1cccc(CNS(=O)(=O)C2CCCC2)c1. The highest BCUT2D eigenvalue weighted by atomic mass is 32.2. The zero-order chi connectivity index (χ0) is 14.4. The molecule has 0 aliphatic heterocycles. The van der Waals surface area contributed by atoms with Crippen LogP contribution < -0.4 is 10.5 Å². The Morgan fingerprint density at radius 1 is 1.30 bits per heavy atom. The van der Waals surface area contributed by atoms with Crippen molar-refractivity contribution in [2.24, 2.45) is 5.73 Å². The second kappa shape index (κ2) is 6.89. The number of hydrogen-bond donors (Lipinski definition) is 2. The zero-order valence-electron chi connectivity index (χ0n) is 11.4. The van der Waals surface area contributed by atoms with E-state index in [-0.39, 0.29) is 5.25 Å². The van der Waals surface area contributed by atoms with E-state index < -0.39 is 10.0 Å². The average molecular weight is 292 g/mol. The lowest BCUT2D eigenvalue weighted by atomic mass is 10.1. The van der Waals surface area contributed by atoms with Gasteiger partial charge in [0.2, 0.25) is 10.0 Å². The van der Waals surface area contributed by atoms with Crippen LogP contribution in [0.15, 0.2) is 24.3 Å². The van der Waals surface area contributed by atoms with Gasteiger partial charge in [0.05, 0.1) is 11.8 Å². The molecule has 0 atom stereocenters. The molecule has 0 radical (unpaired) electrons. The molecule has 1 aliphatic carbocycles. The number of sulfonamides is 1. The van der Waals surface area contributed by atoms with E-state index in [2.05, 4.69) is 16.6 Å². The van der Waals surface area contributed by atoms with Crippen molar-refractivity contribution >= 4 is 10.0 Å². The van der Waals surface area contributed by atoms with Gasteiger partial charge in [-0.2, -0.15) is 0 Å². The molecule has 1 aromatic carbocycles. The van der Waals surface area contributed by atoms with Gasteiger partial charge in [0, 0.05) is 12.1 Å². The first-order valence-electron chi connectivity index (χ1n) is 6.88. The molecule has 0 aromatic heterocycles. The van der Waals surface area contributed by atoms with Gasteiger partial charge in [-0.05, 0) is 30.5 Å².